The van der Waals surface area contributed by atoms with E-state index in [9.17, 15) is 30.8 Å². The summed E-state index contributed by atoms with van der Waals surface area (Å²) in [5.74, 6) is -3.37. The van der Waals surface area contributed by atoms with Crippen molar-refractivity contribution in [2.24, 2.45) is 0 Å². The van der Waals surface area contributed by atoms with Crippen molar-refractivity contribution in [3.8, 4) is 17.2 Å². The van der Waals surface area contributed by atoms with E-state index in [1.165, 1.54) is 42.8 Å². The highest BCUT2D eigenvalue weighted by molar-refractivity contribution is 7.92. The SMILES string of the molecule is COc1cccc(F)c1Oc1ccc(NS(=O)(=O)CC(F)(F)F)cc1CC(=O)Cc1nccs1. The summed E-state index contributed by atoms with van der Waals surface area (Å²) in [5.41, 5.74) is -0.0896. The van der Waals surface area contributed by atoms with Gasteiger partial charge in [0, 0.05) is 29.2 Å². The first-order chi connectivity index (χ1) is 16.0. The zero-order chi connectivity index (χ0) is 24.9. The van der Waals surface area contributed by atoms with Crippen molar-refractivity contribution < 1.29 is 40.2 Å². The van der Waals surface area contributed by atoms with Crippen molar-refractivity contribution in [2.75, 3.05) is 17.6 Å². The number of Topliss-reactive ketones (excluding diaryl/α,β-unsaturated/α-hetero) is 1. The van der Waals surface area contributed by atoms with Crippen LogP contribution >= 0.6 is 11.3 Å². The molecule has 0 spiro atoms. The molecule has 0 aliphatic rings. The largest absolute Gasteiger partial charge is 0.493 e. The lowest BCUT2D eigenvalue weighted by atomic mass is 10.1. The van der Waals surface area contributed by atoms with Crippen LogP contribution in [0.2, 0.25) is 0 Å². The maximum atomic E-state index is 14.4. The first kappa shape index (κ1) is 25.4. The highest BCUT2D eigenvalue weighted by atomic mass is 32.2. The second-order valence-corrected chi connectivity index (χ2v) is 9.69. The van der Waals surface area contributed by atoms with Crippen LogP contribution in [0.25, 0.3) is 0 Å². The predicted octanol–water partition coefficient (Wildman–Crippen LogP) is 4.74. The average molecular weight is 519 g/mol. The number of hydrogen-bond donors (Lipinski definition) is 1. The topological polar surface area (TPSA) is 94.6 Å². The summed E-state index contributed by atoms with van der Waals surface area (Å²) in [6.07, 6.45) is -3.71. The summed E-state index contributed by atoms with van der Waals surface area (Å²) in [6, 6.07) is 7.51. The molecule has 1 N–H and O–H groups in total. The Bertz CT molecular complexity index is 1260. The summed E-state index contributed by atoms with van der Waals surface area (Å²) < 4.78 is 88.3. The maximum absolute atomic E-state index is 14.4. The number of nitrogens with one attached hydrogen (secondary N) is 1. The normalized spacial score (nSPS) is 11.8. The number of carbonyl (C=O) groups is 1. The average Bonchev–Trinajstić information content (AvgIpc) is 3.21. The Morgan fingerprint density at radius 3 is 2.56 bits per heavy atom. The molecule has 1 aromatic heterocycles. The lowest BCUT2D eigenvalue weighted by Gasteiger charge is -2.16. The fourth-order valence-corrected chi connectivity index (χ4v) is 4.59. The molecule has 0 aliphatic carbocycles. The van der Waals surface area contributed by atoms with E-state index in [-0.39, 0.29) is 47.1 Å². The number of methoxy groups -OCH3 is 1. The van der Waals surface area contributed by atoms with Gasteiger partial charge < -0.3 is 9.47 Å². The van der Waals surface area contributed by atoms with Gasteiger partial charge in [-0.15, -0.1) is 11.3 Å². The van der Waals surface area contributed by atoms with E-state index < -0.39 is 27.8 Å². The van der Waals surface area contributed by atoms with Crippen LogP contribution in [0.4, 0.5) is 23.2 Å². The summed E-state index contributed by atoms with van der Waals surface area (Å²) >= 11 is 1.26. The molecule has 0 saturated heterocycles. The van der Waals surface area contributed by atoms with E-state index in [2.05, 4.69) is 4.98 Å². The Labute approximate surface area is 196 Å². The van der Waals surface area contributed by atoms with Gasteiger partial charge in [0.05, 0.1) is 18.5 Å². The number of benzene rings is 2. The fraction of sp³-hybridized carbons (Fsp3) is 0.238. The van der Waals surface area contributed by atoms with Gasteiger partial charge in [-0.1, -0.05) is 6.07 Å². The summed E-state index contributed by atoms with van der Waals surface area (Å²) in [4.78, 5) is 16.6. The number of nitrogens with zero attached hydrogens (tertiary/aromatic N) is 1. The summed E-state index contributed by atoms with van der Waals surface area (Å²) in [5, 5.41) is 2.24. The molecule has 13 heteroatoms. The monoisotopic (exact) mass is 518 g/mol. The number of anilines is 1. The number of para-hydroxylation sites is 1. The highest BCUT2D eigenvalue weighted by Gasteiger charge is 2.35. The third kappa shape index (κ3) is 7.15. The lowest BCUT2D eigenvalue weighted by Crippen LogP contribution is -2.27. The van der Waals surface area contributed by atoms with Gasteiger partial charge in [0.15, 0.2) is 17.3 Å². The van der Waals surface area contributed by atoms with Crippen molar-refractivity contribution in [2.45, 2.75) is 19.0 Å². The number of rotatable bonds is 10. The van der Waals surface area contributed by atoms with Crippen LogP contribution in [-0.2, 0) is 27.7 Å². The number of hydrogen-bond acceptors (Lipinski definition) is 7. The molecule has 0 bridgehead atoms. The number of ether oxygens (including phenoxy) is 2. The van der Waals surface area contributed by atoms with Gasteiger partial charge >= 0.3 is 6.18 Å². The van der Waals surface area contributed by atoms with Crippen molar-refractivity contribution in [1.29, 1.82) is 0 Å². The van der Waals surface area contributed by atoms with Gasteiger partial charge in [0.2, 0.25) is 15.8 Å². The van der Waals surface area contributed by atoms with Crippen molar-refractivity contribution in [3.05, 3.63) is 64.4 Å². The molecule has 0 atom stereocenters. The van der Waals surface area contributed by atoms with Crippen molar-refractivity contribution in [3.63, 3.8) is 0 Å². The number of ketones is 1. The number of thiazole rings is 1. The van der Waals surface area contributed by atoms with Crippen LogP contribution in [-0.4, -0.2) is 38.2 Å². The zero-order valence-corrected chi connectivity index (χ0v) is 19.2. The molecule has 0 amide bonds. The molecule has 2 aromatic carbocycles. The number of alkyl halides is 3. The number of aromatic nitrogens is 1. The van der Waals surface area contributed by atoms with E-state index >= 15 is 0 Å². The number of carbonyl (C=O) groups excluding carboxylic acids is 1. The second-order valence-electron chi connectivity index (χ2n) is 6.99. The number of sulfonamides is 1. The van der Waals surface area contributed by atoms with Crippen molar-refractivity contribution >= 4 is 32.8 Å². The third-order valence-electron chi connectivity index (χ3n) is 4.27. The maximum Gasteiger partial charge on any atom is 0.404 e. The Balaban J connectivity index is 1.93. The first-order valence-electron chi connectivity index (χ1n) is 9.56. The molecule has 1 heterocycles. The highest BCUT2D eigenvalue weighted by Crippen LogP contribution is 2.36. The van der Waals surface area contributed by atoms with E-state index in [0.717, 1.165) is 18.2 Å². The van der Waals surface area contributed by atoms with E-state index in [0.29, 0.717) is 5.01 Å². The lowest BCUT2D eigenvalue weighted by molar-refractivity contribution is -0.117. The molecule has 3 rings (SSSR count). The molecular weight excluding hydrogens is 500 g/mol. The van der Waals surface area contributed by atoms with Gasteiger partial charge in [0.1, 0.15) is 11.5 Å². The molecule has 7 nitrogen and oxygen atoms in total. The summed E-state index contributed by atoms with van der Waals surface area (Å²) in [7, 11) is -3.45. The standard InChI is InChI=1S/C21H18F4N2O5S2/c1-31-18-4-2-3-16(22)20(18)32-17-6-5-14(27-34(29,30)12-21(23,24)25)9-13(17)10-15(28)11-19-26-7-8-33-19/h2-9,27H,10-12H2,1H3. The Morgan fingerprint density at radius 2 is 1.91 bits per heavy atom. The zero-order valence-electron chi connectivity index (χ0n) is 17.6. The summed E-state index contributed by atoms with van der Waals surface area (Å²) in [6.45, 7) is 0. The molecule has 0 fully saturated rings. The molecule has 0 unspecified atom stereocenters. The second kappa shape index (κ2) is 10.4. The van der Waals surface area contributed by atoms with Gasteiger partial charge in [0.25, 0.3) is 0 Å². The predicted molar refractivity (Wildman–Crippen MR) is 117 cm³/mol. The van der Waals surface area contributed by atoms with E-state index in [1.807, 2.05) is 4.72 Å². The van der Waals surface area contributed by atoms with Crippen LogP contribution in [0.15, 0.2) is 48.0 Å². The third-order valence-corrected chi connectivity index (χ3v) is 6.30. The minimum absolute atomic E-state index is 0.00495. The van der Waals surface area contributed by atoms with Gasteiger partial charge in [-0.05, 0) is 30.3 Å². The van der Waals surface area contributed by atoms with Crippen LogP contribution in [0, 0.1) is 5.82 Å². The first-order valence-corrected chi connectivity index (χ1v) is 12.1. The molecule has 3 aromatic rings. The van der Waals surface area contributed by atoms with Gasteiger partial charge in [-0.25, -0.2) is 17.8 Å². The van der Waals surface area contributed by atoms with E-state index in [4.69, 9.17) is 9.47 Å². The minimum Gasteiger partial charge on any atom is -0.493 e. The Kier molecular flexibility index (Phi) is 7.77. The van der Waals surface area contributed by atoms with Crippen LogP contribution in [0.5, 0.6) is 17.2 Å². The molecule has 0 saturated carbocycles. The van der Waals surface area contributed by atoms with Crippen LogP contribution in [0.3, 0.4) is 0 Å². The molecular formula is C21H18F4N2O5S2. The molecule has 0 aliphatic heterocycles. The molecule has 0 radical (unpaired) electrons. The molecule has 34 heavy (non-hydrogen) atoms. The Morgan fingerprint density at radius 1 is 1.15 bits per heavy atom. The van der Waals surface area contributed by atoms with Crippen molar-refractivity contribution in [1.82, 2.24) is 4.98 Å². The Hall–Kier alpha value is -3.19. The van der Waals surface area contributed by atoms with Gasteiger partial charge in [-0.2, -0.15) is 13.2 Å². The quantitative estimate of drug-likeness (QED) is 0.390. The van der Waals surface area contributed by atoms with E-state index in [1.54, 1.807) is 5.38 Å². The van der Waals surface area contributed by atoms with Crippen LogP contribution in [0.1, 0.15) is 10.6 Å². The smallest absolute Gasteiger partial charge is 0.404 e. The van der Waals surface area contributed by atoms with Crippen LogP contribution < -0.4 is 14.2 Å². The molecule has 182 valence electrons. The fourth-order valence-electron chi connectivity index (χ4n) is 2.95. The van der Waals surface area contributed by atoms with Gasteiger partial charge in [-0.3, -0.25) is 9.52 Å². The minimum atomic E-state index is -4.94. The number of halogens is 4.